The molecule has 2 amide bonds. The predicted molar refractivity (Wildman–Crippen MR) is 97.8 cm³/mol. The highest BCUT2D eigenvalue weighted by atomic mass is 16.6. The van der Waals surface area contributed by atoms with Crippen LogP contribution in [0.3, 0.4) is 0 Å². The average Bonchev–Trinajstić information content (AvgIpc) is 2.60. The molecule has 1 aromatic rings. The van der Waals surface area contributed by atoms with Gasteiger partial charge in [-0.1, -0.05) is 0 Å². The molecule has 26 heavy (non-hydrogen) atoms. The topological polar surface area (TPSA) is 77.1 Å². The molecule has 7 nitrogen and oxygen atoms in total. The van der Waals surface area contributed by atoms with Gasteiger partial charge in [-0.2, -0.15) is 0 Å². The Morgan fingerprint density at radius 2 is 1.58 bits per heavy atom. The molecule has 0 atom stereocenters. The standard InChI is InChI=1S/C19H28N2O5/c1-19(2,3)26-18(23)21-8-6-14(7-9-21)20-17(22)13-10-15(24-4)12-16(11-13)25-5/h10-12,14H,6-9H2,1-5H3,(H,20,22). The summed E-state index contributed by atoms with van der Waals surface area (Å²) < 4.78 is 15.8. The first-order valence-electron chi connectivity index (χ1n) is 8.73. The molecule has 144 valence electrons. The van der Waals surface area contributed by atoms with Crippen molar-refractivity contribution in [2.24, 2.45) is 0 Å². The average molecular weight is 364 g/mol. The number of benzene rings is 1. The van der Waals surface area contributed by atoms with Crippen LogP contribution in [0, 0.1) is 0 Å². The molecule has 7 heteroatoms. The molecule has 1 saturated heterocycles. The summed E-state index contributed by atoms with van der Waals surface area (Å²) in [6, 6.07) is 5.08. The molecule has 1 aliphatic rings. The number of piperidine rings is 1. The number of rotatable bonds is 4. The molecule has 1 fully saturated rings. The molecule has 2 rings (SSSR count). The van der Waals surface area contributed by atoms with Crippen LogP contribution < -0.4 is 14.8 Å². The molecule has 0 spiro atoms. The van der Waals surface area contributed by atoms with Gasteiger partial charge in [0.2, 0.25) is 0 Å². The van der Waals surface area contributed by atoms with Gasteiger partial charge in [-0.25, -0.2) is 4.79 Å². The Morgan fingerprint density at radius 3 is 2.04 bits per heavy atom. The summed E-state index contributed by atoms with van der Waals surface area (Å²) in [5.74, 6) is 0.946. The van der Waals surface area contributed by atoms with E-state index in [1.807, 2.05) is 20.8 Å². The zero-order valence-corrected chi connectivity index (χ0v) is 16.1. The predicted octanol–water partition coefficient (Wildman–Crippen LogP) is 2.83. The second-order valence-corrected chi connectivity index (χ2v) is 7.32. The van der Waals surface area contributed by atoms with Gasteiger partial charge in [-0.05, 0) is 45.7 Å². The molecule has 1 N–H and O–H groups in total. The summed E-state index contributed by atoms with van der Waals surface area (Å²) in [6.07, 6.45) is 1.07. The highest BCUT2D eigenvalue weighted by molar-refractivity contribution is 5.95. The first-order valence-corrected chi connectivity index (χ1v) is 8.73. The lowest BCUT2D eigenvalue weighted by atomic mass is 10.0. The summed E-state index contributed by atoms with van der Waals surface area (Å²) >= 11 is 0. The highest BCUT2D eigenvalue weighted by Crippen LogP contribution is 2.23. The number of nitrogens with one attached hydrogen (secondary N) is 1. The van der Waals surface area contributed by atoms with E-state index in [0.29, 0.717) is 43.0 Å². The number of amides is 2. The molecule has 0 aromatic heterocycles. The summed E-state index contributed by atoms with van der Waals surface area (Å²) in [4.78, 5) is 26.3. The minimum Gasteiger partial charge on any atom is -0.497 e. The lowest BCUT2D eigenvalue weighted by Crippen LogP contribution is -2.47. The van der Waals surface area contributed by atoms with Crippen molar-refractivity contribution in [1.29, 1.82) is 0 Å². The third-order valence-corrected chi connectivity index (χ3v) is 4.10. The second-order valence-electron chi connectivity index (χ2n) is 7.32. The number of hydrogen-bond donors (Lipinski definition) is 1. The van der Waals surface area contributed by atoms with Gasteiger partial charge in [-0.15, -0.1) is 0 Å². The molecular formula is C19H28N2O5. The maximum absolute atomic E-state index is 12.5. The van der Waals surface area contributed by atoms with Crippen molar-refractivity contribution in [3.8, 4) is 11.5 Å². The van der Waals surface area contributed by atoms with E-state index in [1.165, 1.54) is 0 Å². The Kier molecular flexibility index (Phi) is 6.34. The Balaban J connectivity index is 1.91. The van der Waals surface area contributed by atoms with Crippen LogP contribution in [0.5, 0.6) is 11.5 Å². The van der Waals surface area contributed by atoms with Gasteiger partial charge in [0.15, 0.2) is 0 Å². The van der Waals surface area contributed by atoms with E-state index < -0.39 is 5.60 Å². The Hall–Kier alpha value is -2.44. The van der Waals surface area contributed by atoms with Crippen molar-refractivity contribution in [2.45, 2.75) is 45.3 Å². The van der Waals surface area contributed by atoms with Gasteiger partial charge in [0.05, 0.1) is 14.2 Å². The van der Waals surface area contributed by atoms with E-state index in [1.54, 1.807) is 37.3 Å². The monoisotopic (exact) mass is 364 g/mol. The summed E-state index contributed by atoms with van der Waals surface area (Å²) in [6.45, 7) is 6.66. The molecule has 0 saturated carbocycles. The lowest BCUT2D eigenvalue weighted by Gasteiger charge is -2.33. The van der Waals surface area contributed by atoms with Gasteiger partial charge < -0.3 is 24.4 Å². The zero-order chi connectivity index (χ0) is 19.3. The van der Waals surface area contributed by atoms with Gasteiger partial charge in [0.1, 0.15) is 17.1 Å². The van der Waals surface area contributed by atoms with E-state index in [9.17, 15) is 9.59 Å². The third kappa shape index (κ3) is 5.54. The number of carbonyl (C=O) groups is 2. The Bertz CT molecular complexity index is 624. The SMILES string of the molecule is COc1cc(OC)cc(C(=O)NC2CCN(C(=O)OC(C)(C)C)CC2)c1. The van der Waals surface area contributed by atoms with Crippen LogP contribution in [-0.4, -0.2) is 55.9 Å². The van der Waals surface area contributed by atoms with Crippen LogP contribution in [0.2, 0.25) is 0 Å². The van der Waals surface area contributed by atoms with Crippen molar-refractivity contribution in [2.75, 3.05) is 27.3 Å². The fourth-order valence-corrected chi connectivity index (χ4v) is 2.74. The minimum absolute atomic E-state index is 0.0124. The van der Waals surface area contributed by atoms with Gasteiger partial charge in [0.25, 0.3) is 5.91 Å². The highest BCUT2D eigenvalue weighted by Gasteiger charge is 2.27. The van der Waals surface area contributed by atoms with E-state index >= 15 is 0 Å². The number of carbonyl (C=O) groups excluding carboxylic acids is 2. The fraction of sp³-hybridized carbons (Fsp3) is 0.579. The molecule has 0 bridgehead atoms. The fourth-order valence-electron chi connectivity index (χ4n) is 2.74. The van der Waals surface area contributed by atoms with Crippen LogP contribution in [-0.2, 0) is 4.74 Å². The number of hydrogen-bond acceptors (Lipinski definition) is 5. The van der Waals surface area contributed by atoms with E-state index in [0.717, 1.165) is 0 Å². The van der Waals surface area contributed by atoms with Gasteiger partial charge in [-0.3, -0.25) is 4.79 Å². The Morgan fingerprint density at radius 1 is 1.04 bits per heavy atom. The van der Waals surface area contributed by atoms with Crippen LogP contribution >= 0.6 is 0 Å². The normalized spacial score (nSPS) is 15.3. The molecule has 1 aliphatic heterocycles. The van der Waals surface area contributed by atoms with Crippen molar-refractivity contribution in [3.63, 3.8) is 0 Å². The van der Waals surface area contributed by atoms with Gasteiger partial charge >= 0.3 is 6.09 Å². The molecule has 1 aromatic carbocycles. The number of likely N-dealkylation sites (tertiary alicyclic amines) is 1. The van der Waals surface area contributed by atoms with Crippen LogP contribution in [0.15, 0.2) is 18.2 Å². The van der Waals surface area contributed by atoms with Crippen LogP contribution in [0.25, 0.3) is 0 Å². The van der Waals surface area contributed by atoms with E-state index in [2.05, 4.69) is 5.32 Å². The quantitative estimate of drug-likeness (QED) is 0.889. The Labute approximate surface area is 154 Å². The van der Waals surface area contributed by atoms with Crippen LogP contribution in [0.1, 0.15) is 44.0 Å². The molecule has 0 unspecified atom stereocenters. The number of methoxy groups -OCH3 is 2. The largest absolute Gasteiger partial charge is 0.497 e. The van der Waals surface area contributed by atoms with E-state index in [-0.39, 0.29) is 18.0 Å². The minimum atomic E-state index is -0.506. The van der Waals surface area contributed by atoms with Crippen molar-refractivity contribution >= 4 is 12.0 Å². The van der Waals surface area contributed by atoms with E-state index in [4.69, 9.17) is 14.2 Å². The summed E-state index contributed by atoms with van der Waals surface area (Å²) in [5, 5.41) is 3.02. The summed E-state index contributed by atoms with van der Waals surface area (Å²) in [5.41, 5.74) is -0.0242. The number of nitrogens with zero attached hydrogens (tertiary/aromatic N) is 1. The van der Waals surface area contributed by atoms with Crippen molar-refractivity contribution < 1.29 is 23.8 Å². The maximum atomic E-state index is 12.5. The van der Waals surface area contributed by atoms with Gasteiger partial charge in [0, 0.05) is 30.8 Å². The molecular weight excluding hydrogens is 336 g/mol. The second kappa shape index (κ2) is 8.29. The maximum Gasteiger partial charge on any atom is 0.410 e. The van der Waals surface area contributed by atoms with Crippen molar-refractivity contribution in [1.82, 2.24) is 10.2 Å². The smallest absolute Gasteiger partial charge is 0.410 e. The van der Waals surface area contributed by atoms with Crippen LogP contribution in [0.4, 0.5) is 4.79 Å². The molecule has 0 aliphatic carbocycles. The first kappa shape index (κ1) is 19.9. The molecule has 1 heterocycles. The third-order valence-electron chi connectivity index (χ3n) is 4.10. The summed E-state index contributed by atoms with van der Waals surface area (Å²) in [7, 11) is 3.09. The molecule has 0 radical (unpaired) electrons. The number of ether oxygens (including phenoxy) is 3. The first-order chi connectivity index (χ1) is 12.2. The zero-order valence-electron chi connectivity index (χ0n) is 16.1. The van der Waals surface area contributed by atoms with Crippen molar-refractivity contribution in [3.05, 3.63) is 23.8 Å². The lowest BCUT2D eigenvalue weighted by molar-refractivity contribution is 0.0199.